The van der Waals surface area contributed by atoms with Crippen molar-refractivity contribution in [1.29, 1.82) is 0 Å². The topological polar surface area (TPSA) is 93.9 Å². The number of aliphatic carboxylic acids is 1. The molecule has 8 heteroatoms. The van der Waals surface area contributed by atoms with Gasteiger partial charge in [0.1, 0.15) is 11.5 Å². The lowest BCUT2D eigenvalue weighted by Gasteiger charge is -2.44. The molecule has 1 fully saturated rings. The van der Waals surface area contributed by atoms with Crippen molar-refractivity contribution in [1.82, 2.24) is 14.5 Å². The van der Waals surface area contributed by atoms with Gasteiger partial charge in [0.05, 0.1) is 31.1 Å². The van der Waals surface area contributed by atoms with Gasteiger partial charge in [-0.2, -0.15) is 0 Å². The summed E-state index contributed by atoms with van der Waals surface area (Å²) >= 11 is 0. The Balaban J connectivity index is 1.79. The Morgan fingerprint density at radius 1 is 1.23 bits per heavy atom. The molecule has 3 heterocycles. The zero-order chi connectivity index (χ0) is 22.3. The molecule has 31 heavy (non-hydrogen) atoms. The Bertz CT molecular complexity index is 1190. The van der Waals surface area contributed by atoms with E-state index in [0.717, 1.165) is 22.1 Å². The van der Waals surface area contributed by atoms with E-state index in [-0.39, 0.29) is 17.5 Å². The largest absolute Gasteiger partial charge is 0.496 e. The van der Waals surface area contributed by atoms with E-state index in [2.05, 4.69) is 9.88 Å². The number of rotatable bonds is 6. The lowest BCUT2D eigenvalue weighted by Crippen LogP contribution is -2.56. The van der Waals surface area contributed by atoms with Crippen molar-refractivity contribution in [2.45, 2.75) is 19.5 Å². The van der Waals surface area contributed by atoms with Gasteiger partial charge in [-0.15, -0.1) is 0 Å². The number of nitrogens with zero attached hydrogens (tertiary/aromatic N) is 3. The maximum Gasteiger partial charge on any atom is 0.309 e. The Morgan fingerprint density at radius 3 is 2.48 bits per heavy atom. The average Bonchev–Trinajstić information content (AvgIpc) is 2.77. The van der Waals surface area contributed by atoms with E-state index in [1.54, 1.807) is 44.4 Å². The van der Waals surface area contributed by atoms with Gasteiger partial charge >= 0.3 is 5.97 Å². The standard InChI is InChI=1S/C23H25N3O5/c1-13-17(23(28)29)11-26(13)12-19-20(30-3)7-14(8-21(19)31-4)18-10-25(2)22(27)16-9-24-6-5-15(16)18/h5-10,13,17H,11-12H2,1-4H3,(H,28,29). The van der Waals surface area contributed by atoms with Gasteiger partial charge in [0.2, 0.25) is 0 Å². The molecule has 0 radical (unpaired) electrons. The van der Waals surface area contributed by atoms with Gasteiger partial charge in [0, 0.05) is 50.3 Å². The van der Waals surface area contributed by atoms with Gasteiger partial charge < -0.3 is 19.1 Å². The monoisotopic (exact) mass is 423 g/mol. The number of fused-ring (bicyclic) bond motifs is 1. The molecule has 1 aliphatic rings. The third kappa shape index (κ3) is 3.53. The van der Waals surface area contributed by atoms with Crippen LogP contribution in [0.15, 0.2) is 41.6 Å². The van der Waals surface area contributed by atoms with Crippen molar-refractivity contribution in [3.8, 4) is 22.6 Å². The molecule has 0 spiro atoms. The van der Waals surface area contributed by atoms with Crippen molar-refractivity contribution >= 4 is 16.7 Å². The number of aromatic nitrogens is 2. The molecule has 0 bridgehead atoms. The minimum Gasteiger partial charge on any atom is -0.496 e. The number of carboxylic acid groups (broad SMARTS) is 1. The quantitative estimate of drug-likeness (QED) is 0.651. The van der Waals surface area contributed by atoms with Crippen molar-refractivity contribution in [2.75, 3.05) is 20.8 Å². The molecule has 1 saturated heterocycles. The number of hydrogen-bond acceptors (Lipinski definition) is 6. The highest BCUT2D eigenvalue weighted by atomic mass is 16.5. The lowest BCUT2D eigenvalue weighted by molar-refractivity contribution is -0.152. The van der Waals surface area contributed by atoms with Crippen LogP contribution in [0.2, 0.25) is 0 Å². The number of carbonyl (C=O) groups is 1. The lowest BCUT2D eigenvalue weighted by atomic mass is 9.89. The Morgan fingerprint density at radius 2 is 1.90 bits per heavy atom. The van der Waals surface area contributed by atoms with Crippen LogP contribution in [0.1, 0.15) is 12.5 Å². The number of aryl methyl sites for hydroxylation is 1. The predicted octanol–water partition coefficient (Wildman–Crippen LogP) is 2.52. The summed E-state index contributed by atoms with van der Waals surface area (Å²) in [7, 11) is 4.92. The Kier molecular flexibility index (Phi) is 5.41. The van der Waals surface area contributed by atoms with E-state index in [1.807, 2.05) is 25.1 Å². The normalized spacial score (nSPS) is 18.6. The molecule has 0 amide bonds. The van der Waals surface area contributed by atoms with E-state index in [0.29, 0.717) is 30.0 Å². The molecule has 1 aromatic carbocycles. The molecular formula is C23H25N3O5. The van der Waals surface area contributed by atoms with Crippen LogP contribution in [-0.4, -0.2) is 52.3 Å². The highest BCUT2D eigenvalue weighted by molar-refractivity contribution is 5.95. The first kappa shape index (κ1) is 20.9. The van der Waals surface area contributed by atoms with Crippen LogP contribution in [0, 0.1) is 5.92 Å². The summed E-state index contributed by atoms with van der Waals surface area (Å²) in [6.45, 7) is 2.93. The molecular weight excluding hydrogens is 398 g/mol. The number of ether oxygens (including phenoxy) is 2. The molecule has 2 aromatic heterocycles. The number of benzene rings is 1. The SMILES string of the molecule is COc1cc(-c2cn(C)c(=O)c3cnccc23)cc(OC)c1CN1CC(C(=O)O)C1C. The average molecular weight is 423 g/mol. The van der Waals surface area contributed by atoms with Gasteiger partial charge in [0.25, 0.3) is 5.56 Å². The number of pyridine rings is 2. The van der Waals surface area contributed by atoms with Crippen LogP contribution < -0.4 is 15.0 Å². The second-order valence-electron chi connectivity index (χ2n) is 7.85. The van der Waals surface area contributed by atoms with Crippen LogP contribution in [0.25, 0.3) is 21.9 Å². The highest BCUT2D eigenvalue weighted by Gasteiger charge is 2.41. The zero-order valence-electron chi connectivity index (χ0n) is 18.0. The predicted molar refractivity (Wildman–Crippen MR) is 117 cm³/mol. The molecule has 2 unspecified atom stereocenters. The minimum atomic E-state index is -0.769. The molecule has 0 saturated carbocycles. The third-order valence-electron chi connectivity index (χ3n) is 6.17. The molecule has 1 aliphatic heterocycles. The van der Waals surface area contributed by atoms with Crippen LogP contribution in [-0.2, 0) is 18.4 Å². The summed E-state index contributed by atoms with van der Waals surface area (Å²) in [6, 6.07) is 5.62. The van der Waals surface area contributed by atoms with E-state index in [1.165, 1.54) is 0 Å². The summed E-state index contributed by atoms with van der Waals surface area (Å²) in [5.74, 6) is 0.170. The summed E-state index contributed by atoms with van der Waals surface area (Å²) in [4.78, 5) is 30.0. The minimum absolute atomic E-state index is 0.0633. The van der Waals surface area contributed by atoms with Crippen molar-refractivity contribution in [2.24, 2.45) is 13.0 Å². The first-order chi connectivity index (χ1) is 14.8. The van der Waals surface area contributed by atoms with Gasteiger partial charge in [-0.1, -0.05) is 0 Å². The van der Waals surface area contributed by atoms with E-state index >= 15 is 0 Å². The van der Waals surface area contributed by atoms with Gasteiger partial charge in [-0.05, 0) is 36.1 Å². The van der Waals surface area contributed by atoms with Gasteiger partial charge in [-0.25, -0.2) is 0 Å². The van der Waals surface area contributed by atoms with Crippen molar-refractivity contribution < 1.29 is 19.4 Å². The summed E-state index contributed by atoms with van der Waals surface area (Å²) in [5.41, 5.74) is 2.47. The van der Waals surface area contributed by atoms with Crippen molar-refractivity contribution in [3.63, 3.8) is 0 Å². The van der Waals surface area contributed by atoms with Crippen LogP contribution >= 0.6 is 0 Å². The number of hydrogen-bond donors (Lipinski definition) is 1. The second-order valence-corrected chi connectivity index (χ2v) is 7.85. The van der Waals surface area contributed by atoms with Crippen LogP contribution in [0.5, 0.6) is 11.5 Å². The summed E-state index contributed by atoms with van der Waals surface area (Å²) in [6.07, 6.45) is 5.04. The fourth-order valence-corrected chi connectivity index (χ4v) is 4.22. The number of methoxy groups -OCH3 is 2. The maximum absolute atomic E-state index is 12.5. The number of carboxylic acids is 1. The fourth-order valence-electron chi connectivity index (χ4n) is 4.22. The molecule has 0 aliphatic carbocycles. The van der Waals surface area contributed by atoms with E-state index in [9.17, 15) is 14.7 Å². The van der Waals surface area contributed by atoms with Gasteiger partial charge in [0.15, 0.2) is 0 Å². The second kappa shape index (κ2) is 8.03. The molecule has 162 valence electrons. The molecule has 4 rings (SSSR count). The first-order valence-electron chi connectivity index (χ1n) is 10.0. The van der Waals surface area contributed by atoms with E-state index < -0.39 is 5.97 Å². The Labute approximate surface area is 179 Å². The zero-order valence-corrected chi connectivity index (χ0v) is 18.0. The summed E-state index contributed by atoms with van der Waals surface area (Å²) in [5, 5.41) is 10.6. The van der Waals surface area contributed by atoms with Crippen molar-refractivity contribution in [3.05, 3.63) is 52.7 Å². The first-order valence-corrected chi connectivity index (χ1v) is 10.0. The third-order valence-corrected chi connectivity index (χ3v) is 6.17. The Hall–Kier alpha value is -3.39. The highest BCUT2D eigenvalue weighted by Crippen LogP contribution is 2.39. The fraction of sp³-hybridized carbons (Fsp3) is 0.348. The molecule has 1 N–H and O–H groups in total. The smallest absolute Gasteiger partial charge is 0.309 e. The van der Waals surface area contributed by atoms with Crippen LogP contribution in [0.3, 0.4) is 0 Å². The maximum atomic E-state index is 12.5. The van der Waals surface area contributed by atoms with Crippen LogP contribution in [0.4, 0.5) is 0 Å². The molecule has 3 aromatic rings. The molecule has 2 atom stereocenters. The number of likely N-dealkylation sites (tertiary alicyclic amines) is 1. The molecule has 8 nitrogen and oxygen atoms in total. The van der Waals surface area contributed by atoms with E-state index in [4.69, 9.17) is 9.47 Å². The summed E-state index contributed by atoms with van der Waals surface area (Å²) < 4.78 is 12.9. The van der Waals surface area contributed by atoms with Gasteiger partial charge in [-0.3, -0.25) is 19.5 Å².